The van der Waals surface area contributed by atoms with Crippen molar-refractivity contribution in [3.05, 3.63) is 12.3 Å². The number of ether oxygens (including phenoxy) is 1. The number of nitrogens with one attached hydrogen (secondary N) is 1. The molecule has 0 aromatic carbocycles. The molecule has 9 heavy (non-hydrogen) atoms. The van der Waals surface area contributed by atoms with Gasteiger partial charge in [0.2, 0.25) is 0 Å². The Kier molecular flexibility index (Phi) is 1.02. The molecule has 2 heterocycles. The van der Waals surface area contributed by atoms with Crippen LogP contribution in [-0.4, -0.2) is 19.8 Å². The van der Waals surface area contributed by atoms with E-state index in [-0.39, 0.29) is 0 Å². The van der Waals surface area contributed by atoms with Crippen LogP contribution >= 0.6 is 0 Å². The van der Waals surface area contributed by atoms with E-state index in [1.54, 1.807) is 0 Å². The van der Waals surface area contributed by atoms with Gasteiger partial charge in [-0.3, -0.25) is 0 Å². The molecule has 1 spiro atoms. The molecule has 50 valence electrons. The van der Waals surface area contributed by atoms with Crippen molar-refractivity contribution >= 4 is 0 Å². The average Bonchev–Trinajstić information content (AvgIpc) is 1.87. The Hall–Kier alpha value is -0.500. The van der Waals surface area contributed by atoms with Gasteiger partial charge < -0.3 is 10.1 Å². The van der Waals surface area contributed by atoms with Crippen molar-refractivity contribution < 1.29 is 4.74 Å². The second-order valence-corrected chi connectivity index (χ2v) is 2.89. The standard InChI is InChI=1S/C7H11NO/c1-3-8-4-2-7(1)5-9-6-7/h1,3,8H,2,4-6H2. The van der Waals surface area contributed by atoms with E-state index in [4.69, 9.17) is 4.74 Å². The minimum Gasteiger partial charge on any atom is -0.391 e. The normalized spacial score (nSPS) is 29.3. The Morgan fingerprint density at radius 1 is 1.44 bits per heavy atom. The van der Waals surface area contributed by atoms with Crippen LogP contribution < -0.4 is 5.32 Å². The fourth-order valence-electron chi connectivity index (χ4n) is 1.33. The van der Waals surface area contributed by atoms with Gasteiger partial charge in [-0.25, -0.2) is 0 Å². The Balaban J connectivity index is 2.09. The highest BCUT2D eigenvalue weighted by atomic mass is 16.5. The fraction of sp³-hybridized carbons (Fsp3) is 0.714. The van der Waals surface area contributed by atoms with E-state index in [0.717, 1.165) is 19.8 Å². The van der Waals surface area contributed by atoms with Crippen LogP contribution in [0.1, 0.15) is 6.42 Å². The molecule has 2 aliphatic rings. The summed E-state index contributed by atoms with van der Waals surface area (Å²) in [6.45, 7) is 2.98. The topological polar surface area (TPSA) is 21.3 Å². The maximum absolute atomic E-state index is 5.14. The maximum Gasteiger partial charge on any atom is 0.0580 e. The van der Waals surface area contributed by atoms with Gasteiger partial charge in [0, 0.05) is 12.0 Å². The highest BCUT2D eigenvalue weighted by molar-refractivity contribution is 5.06. The van der Waals surface area contributed by atoms with Crippen LogP contribution in [-0.2, 0) is 4.74 Å². The maximum atomic E-state index is 5.14. The molecule has 0 saturated carbocycles. The van der Waals surface area contributed by atoms with Crippen LogP contribution in [0.4, 0.5) is 0 Å². The molecule has 0 aromatic rings. The van der Waals surface area contributed by atoms with Gasteiger partial charge in [-0.15, -0.1) is 0 Å². The van der Waals surface area contributed by atoms with Crippen LogP contribution in [0.3, 0.4) is 0 Å². The van der Waals surface area contributed by atoms with E-state index in [9.17, 15) is 0 Å². The van der Waals surface area contributed by atoms with Gasteiger partial charge in [0.25, 0.3) is 0 Å². The van der Waals surface area contributed by atoms with Gasteiger partial charge in [-0.2, -0.15) is 0 Å². The number of hydrogen-bond acceptors (Lipinski definition) is 2. The van der Waals surface area contributed by atoms with Crippen molar-refractivity contribution in [3.63, 3.8) is 0 Å². The van der Waals surface area contributed by atoms with E-state index < -0.39 is 0 Å². The zero-order valence-corrected chi connectivity index (χ0v) is 5.39. The zero-order valence-electron chi connectivity index (χ0n) is 5.39. The summed E-state index contributed by atoms with van der Waals surface area (Å²) >= 11 is 0. The molecule has 0 bridgehead atoms. The molecule has 1 fully saturated rings. The van der Waals surface area contributed by atoms with Crippen LogP contribution in [0.15, 0.2) is 12.3 Å². The van der Waals surface area contributed by atoms with E-state index in [2.05, 4.69) is 11.4 Å². The lowest BCUT2D eigenvalue weighted by atomic mass is 9.81. The van der Waals surface area contributed by atoms with Crippen LogP contribution in [0.2, 0.25) is 0 Å². The number of rotatable bonds is 0. The van der Waals surface area contributed by atoms with Gasteiger partial charge in [-0.05, 0) is 12.6 Å². The SMILES string of the molecule is C1=CC2(CCN1)COC2. The molecule has 2 aliphatic heterocycles. The molecule has 1 saturated heterocycles. The van der Waals surface area contributed by atoms with Crippen molar-refractivity contribution in [1.29, 1.82) is 0 Å². The predicted molar refractivity (Wildman–Crippen MR) is 35.0 cm³/mol. The monoisotopic (exact) mass is 125 g/mol. The summed E-state index contributed by atoms with van der Waals surface area (Å²) in [6.07, 6.45) is 5.52. The Labute approximate surface area is 54.9 Å². The van der Waals surface area contributed by atoms with E-state index in [1.807, 2.05) is 6.20 Å². The summed E-state index contributed by atoms with van der Waals surface area (Å²) in [7, 11) is 0. The third kappa shape index (κ3) is 0.741. The summed E-state index contributed by atoms with van der Waals surface area (Å²) in [5.74, 6) is 0. The molecular weight excluding hydrogens is 114 g/mol. The zero-order chi connectivity index (χ0) is 6.16. The van der Waals surface area contributed by atoms with E-state index >= 15 is 0 Å². The van der Waals surface area contributed by atoms with Gasteiger partial charge in [0.05, 0.1) is 13.2 Å². The summed E-state index contributed by atoms with van der Waals surface area (Å²) in [4.78, 5) is 0. The van der Waals surface area contributed by atoms with E-state index in [1.165, 1.54) is 6.42 Å². The van der Waals surface area contributed by atoms with Crippen LogP contribution in [0, 0.1) is 5.41 Å². The Morgan fingerprint density at radius 2 is 2.33 bits per heavy atom. The summed E-state index contributed by atoms with van der Waals surface area (Å²) in [6, 6.07) is 0. The second-order valence-electron chi connectivity index (χ2n) is 2.89. The first-order valence-electron chi connectivity index (χ1n) is 3.40. The molecule has 2 nitrogen and oxygen atoms in total. The van der Waals surface area contributed by atoms with Gasteiger partial charge in [0.1, 0.15) is 0 Å². The van der Waals surface area contributed by atoms with Gasteiger partial charge >= 0.3 is 0 Å². The Morgan fingerprint density at radius 3 is 2.67 bits per heavy atom. The van der Waals surface area contributed by atoms with Crippen LogP contribution in [0.25, 0.3) is 0 Å². The first-order valence-corrected chi connectivity index (χ1v) is 3.40. The molecule has 0 amide bonds. The molecular formula is C7H11NO. The minimum atomic E-state index is 0.436. The van der Waals surface area contributed by atoms with Crippen molar-refractivity contribution in [2.75, 3.05) is 19.8 Å². The third-order valence-corrected chi connectivity index (χ3v) is 2.10. The quantitative estimate of drug-likeness (QED) is 0.509. The lowest BCUT2D eigenvalue weighted by Crippen LogP contribution is -2.44. The van der Waals surface area contributed by atoms with Gasteiger partial charge in [0.15, 0.2) is 0 Å². The summed E-state index contributed by atoms with van der Waals surface area (Å²) in [5.41, 5.74) is 0.436. The first kappa shape index (κ1) is 5.30. The molecule has 0 aliphatic carbocycles. The predicted octanol–water partition coefficient (Wildman–Crippen LogP) is 0.510. The lowest BCUT2D eigenvalue weighted by molar-refractivity contribution is -0.0878. The smallest absolute Gasteiger partial charge is 0.0580 e. The molecule has 0 radical (unpaired) electrons. The third-order valence-electron chi connectivity index (χ3n) is 2.10. The van der Waals surface area contributed by atoms with Crippen molar-refractivity contribution in [2.45, 2.75) is 6.42 Å². The molecule has 0 unspecified atom stereocenters. The average molecular weight is 125 g/mol. The van der Waals surface area contributed by atoms with Gasteiger partial charge in [-0.1, -0.05) is 6.08 Å². The van der Waals surface area contributed by atoms with Crippen LogP contribution in [0.5, 0.6) is 0 Å². The molecule has 0 atom stereocenters. The lowest BCUT2D eigenvalue weighted by Gasteiger charge is -2.40. The molecule has 2 rings (SSSR count). The van der Waals surface area contributed by atoms with E-state index in [0.29, 0.717) is 5.41 Å². The van der Waals surface area contributed by atoms with Crippen molar-refractivity contribution in [1.82, 2.24) is 5.32 Å². The fourth-order valence-corrected chi connectivity index (χ4v) is 1.33. The summed E-state index contributed by atoms with van der Waals surface area (Å²) < 4.78 is 5.14. The highest BCUT2D eigenvalue weighted by Crippen LogP contribution is 2.33. The number of hydrogen-bond donors (Lipinski definition) is 1. The largest absolute Gasteiger partial charge is 0.391 e. The summed E-state index contributed by atoms with van der Waals surface area (Å²) in [5, 5.41) is 3.17. The molecule has 1 N–H and O–H groups in total. The van der Waals surface area contributed by atoms with Crippen molar-refractivity contribution in [3.8, 4) is 0 Å². The van der Waals surface area contributed by atoms with Crippen molar-refractivity contribution in [2.24, 2.45) is 5.41 Å². The highest BCUT2D eigenvalue weighted by Gasteiger charge is 2.36. The molecule has 0 aromatic heterocycles. The molecule has 2 heteroatoms. The Bertz CT molecular complexity index is 138. The minimum absolute atomic E-state index is 0.436. The second kappa shape index (κ2) is 1.74. The first-order chi connectivity index (χ1) is 4.41.